The SMILES string of the molecule is COC(=O)C1=C(C(=O)OC)N(c2ccc(Cl)cc2C(=O)C(F)(F)F)C=CC=C1. The molecule has 0 N–H and O–H groups in total. The minimum absolute atomic E-state index is 0.120. The highest BCUT2D eigenvalue weighted by atomic mass is 35.5. The van der Waals surface area contributed by atoms with Gasteiger partial charge in [-0.15, -0.1) is 0 Å². The van der Waals surface area contributed by atoms with E-state index in [1.54, 1.807) is 0 Å². The summed E-state index contributed by atoms with van der Waals surface area (Å²) in [6.45, 7) is 0. The lowest BCUT2D eigenvalue weighted by Gasteiger charge is -2.25. The van der Waals surface area contributed by atoms with Crippen molar-refractivity contribution in [2.45, 2.75) is 6.18 Å². The fraction of sp³-hybridized carbons (Fsp3) is 0.167. The van der Waals surface area contributed by atoms with Gasteiger partial charge in [-0.25, -0.2) is 9.59 Å². The van der Waals surface area contributed by atoms with Gasteiger partial charge in [-0.2, -0.15) is 13.2 Å². The molecule has 1 aliphatic heterocycles. The number of ketones is 1. The number of anilines is 1. The number of ether oxygens (including phenoxy) is 2. The fourth-order valence-corrected chi connectivity index (χ4v) is 2.58. The van der Waals surface area contributed by atoms with Gasteiger partial charge in [-0.1, -0.05) is 17.7 Å². The first-order valence-corrected chi connectivity index (χ1v) is 7.95. The molecule has 0 saturated heterocycles. The Morgan fingerprint density at radius 3 is 2.25 bits per heavy atom. The zero-order valence-electron chi connectivity index (χ0n) is 14.5. The molecule has 1 aliphatic rings. The van der Waals surface area contributed by atoms with Crippen LogP contribution in [0.2, 0.25) is 5.02 Å². The van der Waals surface area contributed by atoms with E-state index in [1.165, 1.54) is 30.5 Å². The maximum absolute atomic E-state index is 13.1. The van der Waals surface area contributed by atoms with Crippen LogP contribution in [0, 0.1) is 0 Å². The minimum atomic E-state index is -5.19. The normalized spacial score (nSPS) is 14.0. The monoisotopic (exact) mass is 415 g/mol. The zero-order valence-corrected chi connectivity index (χ0v) is 15.3. The number of methoxy groups -OCH3 is 2. The van der Waals surface area contributed by atoms with E-state index < -0.39 is 35.2 Å². The number of allylic oxidation sites excluding steroid dienone is 2. The van der Waals surface area contributed by atoms with Crippen molar-refractivity contribution in [3.05, 3.63) is 64.5 Å². The van der Waals surface area contributed by atoms with Gasteiger partial charge in [0.2, 0.25) is 0 Å². The second-order valence-electron chi connectivity index (χ2n) is 5.30. The number of carbonyl (C=O) groups excluding carboxylic acids is 3. The summed E-state index contributed by atoms with van der Waals surface area (Å²) in [6, 6.07) is 3.18. The summed E-state index contributed by atoms with van der Waals surface area (Å²) in [4.78, 5) is 37.3. The third-order valence-electron chi connectivity index (χ3n) is 3.61. The standard InChI is InChI=1S/C18H13ClF3NO5/c1-27-16(25)11-5-3-4-8-23(14(11)17(26)28-2)13-7-6-10(19)9-12(13)15(24)18(20,21)22/h3-9H,1-2H3. The first-order chi connectivity index (χ1) is 13.1. The van der Waals surface area contributed by atoms with Crippen molar-refractivity contribution in [3.63, 3.8) is 0 Å². The molecule has 0 fully saturated rings. The average Bonchev–Trinajstić information content (AvgIpc) is 2.88. The lowest BCUT2D eigenvalue weighted by atomic mass is 10.1. The lowest BCUT2D eigenvalue weighted by Crippen LogP contribution is -2.30. The van der Waals surface area contributed by atoms with Gasteiger partial charge in [0, 0.05) is 11.2 Å². The second kappa shape index (κ2) is 8.30. The number of benzene rings is 1. The Bertz CT molecular complexity index is 918. The predicted molar refractivity (Wildman–Crippen MR) is 93.7 cm³/mol. The third-order valence-corrected chi connectivity index (χ3v) is 3.84. The number of nitrogens with zero attached hydrogens (tertiary/aromatic N) is 1. The van der Waals surface area contributed by atoms with E-state index in [0.717, 1.165) is 31.3 Å². The molecule has 0 bridgehead atoms. The highest BCUT2D eigenvalue weighted by Crippen LogP contribution is 2.34. The van der Waals surface area contributed by atoms with E-state index in [1.807, 2.05) is 0 Å². The van der Waals surface area contributed by atoms with E-state index in [2.05, 4.69) is 9.47 Å². The number of Topliss-reactive ketones (excluding diaryl/α,β-unsaturated/α-hetero) is 1. The molecule has 0 saturated carbocycles. The maximum atomic E-state index is 13.1. The van der Waals surface area contributed by atoms with Crippen molar-refractivity contribution in [2.24, 2.45) is 0 Å². The number of hydrogen-bond acceptors (Lipinski definition) is 6. The van der Waals surface area contributed by atoms with E-state index in [0.29, 0.717) is 0 Å². The van der Waals surface area contributed by atoms with Crippen LogP contribution in [0.5, 0.6) is 0 Å². The summed E-state index contributed by atoms with van der Waals surface area (Å²) < 4.78 is 48.5. The van der Waals surface area contributed by atoms with Gasteiger partial charge in [-0.05, 0) is 30.4 Å². The van der Waals surface area contributed by atoms with E-state index in [9.17, 15) is 27.6 Å². The third kappa shape index (κ3) is 4.25. The van der Waals surface area contributed by atoms with Crippen molar-refractivity contribution in [2.75, 3.05) is 19.1 Å². The predicted octanol–water partition coefficient (Wildman–Crippen LogP) is 3.58. The van der Waals surface area contributed by atoms with Crippen LogP contribution in [0.25, 0.3) is 0 Å². The highest BCUT2D eigenvalue weighted by Gasteiger charge is 2.42. The summed E-state index contributed by atoms with van der Waals surface area (Å²) in [5.41, 5.74) is -1.84. The first-order valence-electron chi connectivity index (χ1n) is 7.58. The Morgan fingerprint density at radius 2 is 1.68 bits per heavy atom. The maximum Gasteiger partial charge on any atom is 0.454 e. The van der Waals surface area contributed by atoms with Crippen LogP contribution in [0.4, 0.5) is 18.9 Å². The van der Waals surface area contributed by atoms with E-state index in [-0.39, 0.29) is 16.3 Å². The van der Waals surface area contributed by atoms with Gasteiger partial charge in [0.15, 0.2) is 0 Å². The topological polar surface area (TPSA) is 72.9 Å². The van der Waals surface area contributed by atoms with Gasteiger partial charge < -0.3 is 14.4 Å². The molecule has 1 aromatic rings. The quantitative estimate of drug-likeness (QED) is 0.553. The molecule has 1 heterocycles. The molecular formula is C18H13ClF3NO5. The van der Waals surface area contributed by atoms with Crippen molar-refractivity contribution < 1.29 is 37.0 Å². The van der Waals surface area contributed by atoms with Crippen LogP contribution < -0.4 is 4.90 Å². The van der Waals surface area contributed by atoms with Crippen LogP contribution in [0.3, 0.4) is 0 Å². The van der Waals surface area contributed by atoms with E-state index in [4.69, 9.17) is 11.6 Å². The molecule has 6 nitrogen and oxygen atoms in total. The van der Waals surface area contributed by atoms with Gasteiger partial charge in [0.25, 0.3) is 5.78 Å². The summed E-state index contributed by atoms with van der Waals surface area (Å²) in [5, 5.41) is -0.120. The Kier molecular flexibility index (Phi) is 6.30. The van der Waals surface area contributed by atoms with Crippen LogP contribution in [0.15, 0.2) is 53.9 Å². The van der Waals surface area contributed by atoms with Gasteiger partial charge in [-0.3, -0.25) is 4.79 Å². The zero-order chi connectivity index (χ0) is 21.1. The van der Waals surface area contributed by atoms with Gasteiger partial charge in [0.05, 0.1) is 31.0 Å². The van der Waals surface area contributed by atoms with E-state index >= 15 is 0 Å². The molecule has 28 heavy (non-hydrogen) atoms. The number of alkyl halides is 3. The average molecular weight is 416 g/mol. The molecule has 2 rings (SSSR count). The number of hydrogen-bond donors (Lipinski definition) is 0. The summed E-state index contributed by atoms with van der Waals surface area (Å²) in [7, 11) is 2.10. The minimum Gasteiger partial charge on any atom is -0.465 e. The molecule has 0 radical (unpaired) electrons. The van der Waals surface area contributed by atoms with Crippen molar-refractivity contribution in [1.29, 1.82) is 0 Å². The highest BCUT2D eigenvalue weighted by molar-refractivity contribution is 6.31. The summed E-state index contributed by atoms with van der Waals surface area (Å²) >= 11 is 5.76. The van der Waals surface area contributed by atoms with Crippen molar-refractivity contribution in [1.82, 2.24) is 0 Å². The molecule has 1 aromatic carbocycles. The summed E-state index contributed by atoms with van der Waals surface area (Å²) in [6.07, 6.45) is -0.0237. The molecule has 0 aromatic heterocycles. The molecular weight excluding hydrogens is 403 g/mol. The Balaban J connectivity index is 2.79. The van der Waals surface area contributed by atoms with Gasteiger partial charge in [0.1, 0.15) is 5.70 Å². The molecule has 0 spiro atoms. The number of halogens is 4. The van der Waals surface area contributed by atoms with Crippen molar-refractivity contribution >= 4 is 35.0 Å². The Morgan fingerprint density at radius 1 is 1.04 bits per heavy atom. The molecule has 148 valence electrons. The lowest BCUT2D eigenvalue weighted by molar-refractivity contribution is -0.139. The summed E-state index contributed by atoms with van der Waals surface area (Å²) in [5.74, 6) is -4.13. The largest absolute Gasteiger partial charge is 0.465 e. The number of carbonyl (C=O) groups is 3. The van der Waals surface area contributed by atoms with Crippen LogP contribution in [0.1, 0.15) is 10.4 Å². The number of esters is 2. The number of rotatable bonds is 4. The Hall–Kier alpha value is -3.07. The fourth-order valence-electron chi connectivity index (χ4n) is 2.40. The first kappa shape index (κ1) is 21.2. The molecule has 10 heteroatoms. The smallest absolute Gasteiger partial charge is 0.454 e. The molecule has 0 amide bonds. The molecule has 0 aliphatic carbocycles. The van der Waals surface area contributed by atoms with Gasteiger partial charge >= 0.3 is 18.1 Å². The molecule has 0 atom stereocenters. The van der Waals surface area contributed by atoms with Crippen molar-refractivity contribution in [3.8, 4) is 0 Å². The van der Waals surface area contributed by atoms with Crippen LogP contribution in [-0.4, -0.2) is 38.1 Å². The van der Waals surface area contributed by atoms with Crippen LogP contribution in [-0.2, 0) is 19.1 Å². The molecule has 0 unspecified atom stereocenters. The van der Waals surface area contributed by atoms with Crippen LogP contribution >= 0.6 is 11.6 Å². The second-order valence-corrected chi connectivity index (χ2v) is 5.74. The Labute approximate surface area is 162 Å².